The van der Waals surface area contributed by atoms with E-state index in [4.69, 9.17) is 5.73 Å². The lowest BCUT2D eigenvalue weighted by molar-refractivity contribution is -0.274. The number of aromatic nitrogens is 3. The molecule has 2 aromatic heterocycles. The molecule has 0 aliphatic rings. The second-order valence-electron chi connectivity index (χ2n) is 7.71. The van der Waals surface area contributed by atoms with Gasteiger partial charge in [0.1, 0.15) is 5.75 Å². The highest BCUT2D eigenvalue weighted by atomic mass is 19.4. The summed E-state index contributed by atoms with van der Waals surface area (Å²) < 4.78 is 71.2. The summed E-state index contributed by atoms with van der Waals surface area (Å²) in [6.45, 7) is 1.75. The van der Waals surface area contributed by atoms with Crippen molar-refractivity contribution in [1.29, 1.82) is 0 Å². The van der Waals surface area contributed by atoms with Gasteiger partial charge in [0.2, 0.25) is 5.43 Å². The van der Waals surface area contributed by atoms with Crippen molar-refractivity contribution in [2.24, 2.45) is 10.7 Å². The van der Waals surface area contributed by atoms with Gasteiger partial charge in [0.25, 0.3) is 0 Å². The predicted molar refractivity (Wildman–Crippen MR) is 126 cm³/mol. The van der Waals surface area contributed by atoms with Crippen molar-refractivity contribution in [3.05, 3.63) is 113 Å². The van der Waals surface area contributed by atoms with Crippen LogP contribution in [0.15, 0.2) is 89.2 Å². The van der Waals surface area contributed by atoms with E-state index in [9.17, 15) is 26.7 Å². The maximum Gasteiger partial charge on any atom is 0.573 e. The molecule has 2 N–H and O–H groups in total. The first-order chi connectivity index (χ1) is 17.5. The maximum absolute atomic E-state index is 13.4. The van der Waals surface area contributed by atoms with Crippen molar-refractivity contribution >= 4 is 11.4 Å². The number of ether oxygens (including phenoxy) is 1. The molecule has 190 valence electrons. The molecule has 0 aliphatic carbocycles. The van der Waals surface area contributed by atoms with Crippen molar-refractivity contribution in [1.82, 2.24) is 14.3 Å². The lowest BCUT2D eigenvalue weighted by atomic mass is 10.1. The van der Waals surface area contributed by atoms with Crippen LogP contribution in [0.5, 0.6) is 5.75 Å². The van der Waals surface area contributed by atoms with Gasteiger partial charge in [0.05, 0.1) is 17.1 Å². The molecule has 0 radical (unpaired) electrons. The number of aryl methyl sites for hydroxylation is 1. The Hall–Kier alpha value is -4.74. The molecular weight excluding hydrogens is 497 g/mol. The smallest absolute Gasteiger partial charge is 0.406 e. The Morgan fingerprint density at radius 1 is 1.08 bits per heavy atom. The molecule has 2 aromatic carbocycles. The molecule has 0 unspecified atom stereocenters. The fraction of sp³-hybridized carbons (Fsp3) is 0.0800. The van der Waals surface area contributed by atoms with Gasteiger partial charge >= 0.3 is 6.36 Å². The Morgan fingerprint density at radius 3 is 2.46 bits per heavy atom. The molecule has 4 rings (SSSR count). The average Bonchev–Trinajstić information content (AvgIpc) is 3.16. The van der Waals surface area contributed by atoms with E-state index in [-0.39, 0.29) is 17.1 Å². The minimum Gasteiger partial charge on any atom is -0.406 e. The molecule has 2 heterocycles. The van der Waals surface area contributed by atoms with E-state index in [0.29, 0.717) is 16.9 Å². The molecule has 12 heteroatoms. The van der Waals surface area contributed by atoms with Crippen LogP contribution < -0.4 is 15.9 Å². The summed E-state index contributed by atoms with van der Waals surface area (Å²) in [5.41, 5.74) is 6.66. The molecule has 0 atom stereocenters. The number of nitrogens with zero attached hydrogens (tertiary/aromatic N) is 4. The Morgan fingerprint density at radius 2 is 1.81 bits per heavy atom. The summed E-state index contributed by atoms with van der Waals surface area (Å²) in [5.74, 6) is -2.45. The molecule has 0 bridgehead atoms. The first-order valence-electron chi connectivity index (χ1n) is 10.6. The largest absolute Gasteiger partial charge is 0.573 e. The van der Waals surface area contributed by atoms with E-state index in [0.717, 1.165) is 30.7 Å². The lowest BCUT2D eigenvalue weighted by Crippen LogP contribution is -2.20. The van der Waals surface area contributed by atoms with Crippen LogP contribution >= 0.6 is 0 Å². The third-order valence-corrected chi connectivity index (χ3v) is 5.06. The maximum atomic E-state index is 13.4. The summed E-state index contributed by atoms with van der Waals surface area (Å²) in [6.07, 6.45) is 0.962. The molecule has 0 spiro atoms. The Balaban J connectivity index is 1.73. The van der Waals surface area contributed by atoms with Crippen LogP contribution in [0.25, 0.3) is 11.4 Å². The van der Waals surface area contributed by atoms with E-state index in [1.165, 1.54) is 39.7 Å². The summed E-state index contributed by atoms with van der Waals surface area (Å²) in [6, 6.07) is 11.1. The fourth-order valence-corrected chi connectivity index (χ4v) is 3.48. The second-order valence-corrected chi connectivity index (χ2v) is 7.71. The number of halogens is 5. The number of nitrogens with two attached hydrogens (primary N) is 1. The van der Waals surface area contributed by atoms with Crippen LogP contribution in [-0.2, 0) is 0 Å². The lowest BCUT2D eigenvalue weighted by Gasteiger charge is -2.12. The third kappa shape index (κ3) is 5.92. The molecule has 0 saturated carbocycles. The van der Waals surface area contributed by atoms with E-state index in [1.807, 2.05) is 0 Å². The Bertz CT molecular complexity index is 1550. The van der Waals surface area contributed by atoms with Crippen LogP contribution in [0.4, 0.5) is 27.6 Å². The standard InChI is InChI=1S/C25H18F5N5O2/c1-15-11-17(34-13-19(26)20(27)14-34)5-6-22(15)35-10-8-23(36)24(33-35)21(7-9-31)32-16-3-2-4-18(12-16)37-25(28,29)30/h2-14H,31H2,1H3. The quantitative estimate of drug-likeness (QED) is 0.286. The summed E-state index contributed by atoms with van der Waals surface area (Å²) >= 11 is 0. The van der Waals surface area contributed by atoms with Gasteiger partial charge in [-0.25, -0.2) is 18.5 Å². The third-order valence-electron chi connectivity index (χ3n) is 5.06. The molecule has 4 aromatic rings. The molecule has 0 amide bonds. The van der Waals surface area contributed by atoms with Crippen molar-refractivity contribution < 1.29 is 26.7 Å². The van der Waals surface area contributed by atoms with Gasteiger partial charge in [-0.05, 0) is 55.1 Å². The molecule has 0 fully saturated rings. The summed E-state index contributed by atoms with van der Waals surface area (Å²) in [7, 11) is 0. The monoisotopic (exact) mass is 515 g/mol. The number of hydrogen-bond acceptors (Lipinski definition) is 5. The number of benzene rings is 2. The first-order valence-corrected chi connectivity index (χ1v) is 10.6. The molecule has 37 heavy (non-hydrogen) atoms. The SMILES string of the molecule is Cc1cc(-n2cc(F)c(F)c2)ccc1-n1ccc(=O)c(C(C=CN)=Nc2cccc(OC(F)(F)F)c2)n1. The summed E-state index contributed by atoms with van der Waals surface area (Å²) in [5, 5.41) is 4.35. The van der Waals surface area contributed by atoms with E-state index in [1.54, 1.807) is 25.1 Å². The zero-order chi connectivity index (χ0) is 26.7. The number of allylic oxidation sites excluding steroid dienone is 1. The van der Waals surface area contributed by atoms with Gasteiger partial charge in [-0.3, -0.25) is 4.79 Å². The Labute approximate surface area is 206 Å². The fourth-order valence-electron chi connectivity index (χ4n) is 3.48. The summed E-state index contributed by atoms with van der Waals surface area (Å²) in [4.78, 5) is 16.9. The van der Waals surface area contributed by atoms with Gasteiger partial charge in [-0.15, -0.1) is 13.2 Å². The van der Waals surface area contributed by atoms with Crippen LogP contribution in [0, 0.1) is 18.6 Å². The number of aliphatic imine (C=N–C) groups is 1. The average molecular weight is 515 g/mol. The highest BCUT2D eigenvalue weighted by Crippen LogP contribution is 2.27. The van der Waals surface area contributed by atoms with E-state index in [2.05, 4.69) is 14.8 Å². The van der Waals surface area contributed by atoms with Gasteiger partial charge in [0.15, 0.2) is 17.3 Å². The van der Waals surface area contributed by atoms with Crippen LogP contribution in [0.1, 0.15) is 11.3 Å². The molecule has 7 nitrogen and oxygen atoms in total. The van der Waals surface area contributed by atoms with Crippen molar-refractivity contribution in [2.75, 3.05) is 0 Å². The van der Waals surface area contributed by atoms with Crippen LogP contribution in [0.2, 0.25) is 0 Å². The first kappa shape index (κ1) is 25.4. The topological polar surface area (TPSA) is 87.4 Å². The molecule has 0 saturated heterocycles. The van der Waals surface area contributed by atoms with Gasteiger partial charge in [-0.2, -0.15) is 5.10 Å². The number of hydrogen-bond donors (Lipinski definition) is 1. The minimum atomic E-state index is -4.88. The van der Waals surface area contributed by atoms with E-state index >= 15 is 0 Å². The molecule has 0 aliphatic heterocycles. The normalized spacial score (nSPS) is 12.3. The second kappa shape index (κ2) is 10.1. The number of alkyl halides is 3. The Kier molecular flexibility index (Phi) is 6.92. The molecular formula is C25H18F5N5O2. The predicted octanol–water partition coefficient (Wildman–Crippen LogP) is 5.10. The van der Waals surface area contributed by atoms with Gasteiger partial charge in [0, 0.05) is 36.4 Å². The highest BCUT2D eigenvalue weighted by molar-refractivity contribution is 6.08. The zero-order valence-corrected chi connectivity index (χ0v) is 19.1. The van der Waals surface area contributed by atoms with Gasteiger partial charge < -0.3 is 15.0 Å². The van der Waals surface area contributed by atoms with Crippen LogP contribution in [0.3, 0.4) is 0 Å². The van der Waals surface area contributed by atoms with Gasteiger partial charge in [-0.1, -0.05) is 6.07 Å². The minimum absolute atomic E-state index is 0.00132. The van der Waals surface area contributed by atoms with Crippen molar-refractivity contribution in [2.45, 2.75) is 13.3 Å². The van der Waals surface area contributed by atoms with E-state index < -0.39 is 29.2 Å². The van der Waals surface area contributed by atoms with Crippen molar-refractivity contribution in [3.8, 4) is 17.1 Å². The highest BCUT2D eigenvalue weighted by Gasteiger charge is 2.31. The number of rotatable bonds is 6. The van der Waals surface area contributed by atoms with Crippen molar-refractivity contribution in [3.63, 3.8) is 0 Å². The zero-order valence-electron chi connectivity index (χ0n) is 19.1. The van der Waals surface area contributed by atoms with Crippen LogP contribution in [-0.4, -0.2) is 26.4 Å².